The molecule has 0 unspecified atom stereocenters. The molecule has 1 amide bonds. The molecule has 0 fully saturated rings. The van der Waals surface area contributed by atoms with Crippen LogP contribution in [0.2, 0.25) is 0 Å². The zero-order valence-corrected chi connectivity index (χ0v) is 12.4. The Kier molecular flexibility index (Phi) is 6.83. The van der Waals surface area contributed by atoms with E-state index in [0.717, 1.165) is 5.69 Å². The van der Waals surface area contributed by atoms with Crippen LogP contribution >= 0.6 is 0 Å². The first-order valence-corrected chi connectivity index (χ1v) is 6.33. The van der Waals surface area contributed by atoms with Crippen molar-refractivity contribution < 1.29 is 19.0 Å². The number of hydrogen-bond donors (Lipinski definition) is 1. The van der Waals surface area contributed by atoms with Gasteiger partial charge in [-0.3, -0.25) is 4.79 Å². The predicted octanol–water partition coefficient (Wildman–Crippen LogP) is 0.903. The maximum absolute atomic E-state index is 12.1. The molecule has 0 radical (unpaired) electrons. The van der Waals surface area contributed by atoms with E-state index >= 15 is 0 Å². The average molecular weight is 282 g/mol. The van der Waals surface area contributed by atoms with Gasteiger partial charge >= 0.3 is 0 Å². The quantitative estimate of drug-likeness (QED) is 0.768. The number of anilines is 1. The molecule has 1 aromatic carbocycles. The molecule has 6 heteroatoms. The Bertz CT molecular complexity index is 437. The molecule has 0 aliphatic rings. The van der Waals surface area contributed by atoms with Crippen molar-refractivity contribution in [1.82, 2.24) is 5.32 Å². The Morgan fingerprint density at radius 3 is 2.45 bits per heavy atom. The van der Waals surface area contributed by atoms with Crippen molar-refractivity contribution in [3.8, 4) is 11.5 Å². The van der Waals surface area contributed by atoms with Crippen molar-refractivity contribution in [3.63, 3.8) is 0 Å². The number of ether oxygens (including phenoxy) is 3. The molecule has 0 heterocycles. The first-order chi connectivity index (χ1) is 9.67. The number of methoxy groups -OCH3 is 3. The molecule has 0 bridgehead atoms. The van der Waals surface area contributed by atoms with Crippen LogP contribution in [-0.4, -0.2) is 54.0 Å². The number of likely N-dealkylation sites (N-methyl/N-ethyl adjacent to an activating group) is 1. The number of carbonyl (C=O) groups is 1. The Morgan fingerprint density at radius 2 is 1.90 bits per heavy atom. The van der Waals surface area contributed by atoms with Gasteiger partial charge in [0, 0.05) is 25.4 Å². The molecule has 20 heavy (non-hydrogen) atoms. The van der Waals surface area contributed by atoms with Gasteiger partial charge in [-0.1, -0.05) is 0 Å². The van der Waals surface area contributed by atoms with E-state index in [1.165, 1.54) is 0 Å². The minimum absolute atomic E-state index is 0.0308. The molecule has 1 aromatic rings. The van der Waals surface area contributed by atoms with Gasteiger partial charge in [-0.2, -0.15) is 0 Å². The van der Waals surface area contributed by atoms with E-state index in [0.29, 0.717) is 24.7 Å². The van der Waals surface area contributed by atoms with E-state index in [2.05, 4.69) is 5.32 Å². The van der Waals surface area contributed by atoms with Crippen LogP contribution in [0, 0.1) is 0 Å². The number of benzene rings is 1. The van der Waals surface area contributed by atoms with Crippen molar-refractivity contribution in [2.45, 2.75) is 0 Å². The van der Waals surface area contributed by atoms with E-state index in [1.807, 2.05) is 6.07 Å². The molecule has 1 rings (SSSR count). The maximum Gasteiger partial charge on any atom is 0.241 e. The van der Waals surface area contributed by atoms with Crippen molar-refractivity contribution in [2.24, 2.45) is 0 Å². The lowest BCUT2D eigenvalue weighted by Crippen LogP contribution is -2.39. The molecule has 6 nitrogen and oxygen atoms in total. The summed E-state index contributed by atoms with van der Waals surface area (Å²) < 4.78 is 15.5. The monoisotopic (exact) mass is 282 g/mol. The van der Waals surface area contributed by atoms with Crippen LogP contribution in [0.3, 0.4) is 0 Å². The molecule has 0 atom stereocenters. The number of amides is 1. The van der Waals surface area contributed by atoms with Crippen LogP contribution in [0.25, 0.3) is 0 Å². The largest absolute Gasteiger partial charge is 0.493 e. The van der Waals surface area contributed by atoms with Crippen LogP contribution < -0.4 is 19.7 Å². The number of nitrogens with zero attached hydrogens (tertiary/aromatic N) is 1. The van der Waals surface area contributed by atoms with Crippen LogP contribution in [-0.2, 0) is 9.53 Å². The van der Waals surface area contributed by atoms with Crippen molar-refractivity contribution in [2.75, 3.05) is 53.0 Å². The van der Waals surface area contributed by atoms with E-state index in [9.17, 15) is 4.79 Å². The number of rotatable bonds is 8. The smallest absolute Gasteiger partial charge is 0.241 e. The third-order valence-electron chi connectivity index (χ3n) is 2.83. The zero-order valence-electron chi connectivity index (χ0n) is 12.4. The van der Waals surface area contributed by atoms with Gasteiger partial charge in [0.2, 0.25) is 5.91 Å². The molecule has 112 valence electrons. The van der Waals surface area contributed by atoms with Crippen LogP contribution in [0.5, 0.6) is 11.5 Å². The van der Waals surface area contributed by atoms with Gasteiger partial charge < -0.3 is 24.4 Å². The minimum Gasteiger partial charge on any atom is -0.493 e. The van der Waals surface area contributed by atoms with Crippen LogP contribution in [0.4, 0.5) is 5.69 Å². The van der Waals surface area contributed by atoms with Crippen LogP contribution in [0.15, 0.2) is 18.2 Å². The summed E-state index contributed by atoms with van der Waals surface area (Å²) in [4.78, 5) is 13.8. The molecular weight excluding hydrogens is 260 g/mol. The molecule has 0 aliphatic heterocycles. The van der Waals surface area contributed by atoms with Crippen molar-refractivity contribution in [3.05, 3.63) is 18.2 Å². The fourth-order valence-electron chi connectivity index (χ4n) is 1.82. The second kappa shape index (κ2) is 8.39. The zero-order chi connectivity index (χ0) is 15.0. The second-order valence-corrected chi connectivity index (χ2v) is 4.11. The van der Waals surface area contributed by atoms with E-state index in [1.54, 1.807) is 45.4 Å². The standard InChI is InChI=1S/C14H22N2O4/c1-15-10-14(17)16(7-8-18-2)11-5-6-12(19-3)13(9-11)20-4/h5-6,9,15H,7-8,10H2,1-4H3. The normalized spacial score (nSPS) is 10.2. The minimum atomic E-state index is -0.0308. The lowest BCUT2D eigenvalue weighted by molar-refractivity contribution is -0.117. The Labute approximate surface area is 119 Å². The van der Waals surface area contributed by atoms with Gasteiger partial charge in [0.05, 0.1) is 27.4 Å². The van der Waals surface area contributed by atoms with Gasteiger partial charge in [0.25, 0.3) is 0 Å². The lowest BCUT2D eigenvalue weighted by atomic mass is 10.2. The topological polar surface area (TPSA) is 60.0 Å². The molecule has 0 saturated carbocycles. The summed E-state index contributed by atoms with van der Waals surface area (Å²) in [6.07, 6.45) is 0. The number of nitrogens with one attached hydrogen (secondary N) is 1. The van der Waals surface area contributed by atoms with Gasteiger partial charge in [0.15, 0.2) is 11.5 Å². The SMILES string of the molecule is CNCC(=O)N(CCOC)c1ccc(OC)c(OC)c1. The summed E-state index contributed by atoms with van der Waals surface area (Å²) in [5.74, 6) is 1.19. The molecule has 0 aliphatic carbocycles. The third-order valence-corrected chi connectivity index (χ3v) is 2.83. The molecular formula is C14H22N2O4. The number of hydrogen-bond acceptors (Lipinski definition) is 5. The van der Waals surface area contributed by atoms with Gasteiger partial charge in [-0.25, -0.2) is 0 Å². The Morgan fingerprint density at radius 1 is 1.20 bits per heavy atom. The predicted molar refractivity (Wildman–Crippen MR) is 77.7 cm³/mol. The summed E-state index contributed by atoms with van der Waals surface area (Å²) in [6, 6.07) is 5.38. The van der Waals surface area contributed by atoms with E-state index in [4.69, 9.17) is 14.2 Å². The van der Waals surface area contributed by atoms with E-state index < -0.39 is 0 Å². The molecule has 0 saturated heterocycles. The average Bonchev–Trinajstić information content (AvgIpc) is 2.47. The highest BCUT2D eigenvalue weighted by Crippen LogP contribution is 2.31. The molecule has 1 N–H and O–H groups in total. The second-order valence-electron chi connectivity index (χ2n) is 4.11. The van der Waals surface area contributed by atoms with Gasteiger partial charge in [-0.15, -0.1) is 0 Å². The summed E-state index contributed by atoms with van der Waals surface area (Å²) in [6.45, 7) is 1.20. The third kappa shape index (κ3) is 4.11. The summed E-state index contributed by atoms with van der Waals surface area (Å²) >= 11 is 0. The fraction of sp³-hybridized carbons (Fsp3) is 0.500. The van der Waals surface area contributed by atoms with Crippen LogP contribution in [0.1, 0.15) is 0 Å². The Hall–Kier alpha value is -1.79. The molecule has 0 spiro atoms. The number of carbonyl (C=O) groups excluding carboxylic acids is 1. The summed E-state index contributed by atoms with van der Waals surface area (Å²) in [5, 5.41) is 2.86. The maximum atomic E-state index is 12.1. The van der Waals surface area contributed by atoms with E-state index in [-0.39, 0.29) is 12.5 Å². The Balaban J connectivity index is 3.03. The lowest BCUT2D eigenvalue weighted by Gasteiger charge is -2.23. The fourth-order valence-corrected chi connectivity index (χ4v) is 1.82. The summed E-state index contributed by atoms with van der Waals surface area (Å²) in [7, 11) is 6.49. The highest BCUT2D eigenvalue weighted by molar-refractivity contribution is 5.95. The first-order valence-electron chi connectivity index (χ1n) is 6.33. The van der Waals surface area contributed by atoms with Gasteiger partial charge in [-0.05, 0) is 19.2 Å². The van der Waals surface area contributed by atoms with Crippen molar-refractivity contribution >= 4 is 11.6 Å². The highest BCUT2D eigenvalue weighted by atomic mass is 16.5. The first kappa shape index (κ1) is 16.3. The summed E-state index contributed by atoms with van der Waals surface area (Å²) in [5.41, 5.74) is 0.750. The van der Waals surface area contributed by atoms with Crippen molar-refractivity contribution in [1.29, 1.82) is 0 Å². The highest BCUT2D eigenvalue weighted by Gasteiger charge is 2.16. The van der Waals surface area contributed by atoms with Gasteiger partial charge in [0.1, 0.15) is 0 Å². The molecule has 0 aromatic heterocycles.